The van der Waals surface area contributed by atoms with Gasteiger partial charge in [-0.1, -0.05) is 36.4 Å². The minimum atomic E-state index is -0.599. The summed E-state index contributed by atoms with van der Waals surface area (Å²) in [5, 5.41) is 4.60. The zero-order valence-corrected chi connectivity index (χ0v) is 16.8. The molecule has 0 aliphatic carbocycles. The lowest BCUT2D eigenvalue weighted by Crippen LogP contribution is -2.28. The quantitative estimate of drug-likeness (QED) is 0.625. The van der Waals surface area contributed by atoms with E-state index in [1.807, 2.05) is 67.5 Å². The number of amides is 1. The van der Waals surface area contributed by atoms with Crippen LogP contribution >= 0.6 is 0 Å². The van der Waals surface area contributed by atoms with Crippen LogP contribution in [0, 0.1) is 0 Å². The van der Waals surface area contributed by atoms with Gasteiger partial charge in [-0.15, -0.1) is 0 Å². The van der Waals surface area contributed by atoms with Crippen LogP contribution in [0.15, 0.2) is 60.7 Å². The summed E-state index contributed by atoms with van der Waals surface area (Å²) in [6.45, 7) is 0.00792. The van der Waals surface area contributed by atoms with E-state index in [1.165, 1.54) is 7.11 Å². The Bertz CT molecular complexity index is 1010. The number of nitrogens with one attached hydrogen (secondary N) is 1. The third-order valence-electron chi connectivity index (χ3n) is 4.56. The first-order valence-electron chi connectivity index (χ1n) is 9.25. The summed E-state index contributed by atoms with van der Waals surface area (Å²) in [4.78, 5) is 26.5. The normalized spacial score (nSPS) is 10.4. The number of fused-ring (bicyclic) bond motifs is 1. The Balaban J connectivity index is 1.57. The highest BCUT2D eigenvalue weighted by Gasteiger charge is 2.16. The van der Waals surface area contributed by atoms with Crippen molar-refractivity contribution < 1.29 is 19.1 Å². The van der Waals surface area contributed by atoms with E-state index in [4.69, 9.17) is 9.47 Å². The molecule has 1 N–H and O–H groups in total. The molecule has 0 fully saturated rings. The molecule has 6 nitrogen and oxygen atoms in total. The SMILES string of the molecule is COc1cc2ccccc2cc1C(=O)OCC(=O)NCc1ccc(N(C)C)cc1. The lowest BCUT2D eigenvalue weighted by Gasteiger charge is -2.13. The van der Waals surface area contributed by atoms with E-state index in [0.29, 0.717) is 17.9 Å². The van der Waals surface area contributed by atoms with E-state index in [-0.39, 0.29) is 12.5 Å². The van der Waals surface area contributed by atoms with Gasteiger partial charge in [-0.05, 0) is 40.6 Å². The van der Waals surface area contributed by atoms with E-state index < -0.39 is 5.97 Å². The second kappa shape index (κ2) is 9.10. The minimum Gasteiger partial charge on any atom is -0.496 e. The summed E-state index contributed by atoms with van der Waals surface area (Å²) in [6.07, 6.45) is 0. The first-order valence-corrected chi connectivity index (χ1v) is 9.25. The number of anilines is 1. The molecule has 0 heterocycles. The molecule has 0 aromatic heterocycles. The molecule has 0 saturated heterocycles. The average Bonchev–Trinajstić information content (AvgIpc) is 2.75. The minimum absolute atomic E-state index is 0.290. The topological polar surface area (TPSA) is 67.9 Å². The van der Waals surface area contributed by atoms with Crippen LogP contribution in [0.5, 0.6) is 5.75 Å². The molecule has 0 saturated carbocycles. The molecule has 6 heteroatoms. The van der Waals surface area contributed by atoms with Crippen LogP contribution in [-0.4, -0.2) is 39.7 Å². The van der Waals surface area contributed by atoms with Gasteiger partial charge in [0.1, 0.15) is 11.3 Å². The molecule has 3 rings (SSSR count). The van der Waals surface area contributed by atoms with Crippen LogP contribution in [0.3, 0.4) is 0 Å². The summed E-state index contributed by atoms with van der Waals surface area (Å²) in [7, 11) is 5.43. The summed E-state index contributed by atoms with van der Waals surface area (Å²) >= 11 is 0. The fraction of sp³-hybridized carbons (Fsp3) is 0.217. The molecule has 29 heavy (non-hydrogen) atoms. The van der Waals surface area contributed by atoms with Gasteiger partial charge in [0.05, 0.1) is 7.11 Å². The van der Waals surface area contributed by atoms with E-state index in [2.05, 4.69) is 5.32 Å². The first kappa shape index (κ1) is 20.2. The maximum absolute atomic E-state index is 12.5. The summed E-state index contributed by atoms with van der Waals surface area (Å²) in [6, 6.07) is 19.0. The van der Waals surface area contributed by atoms with Gasteiger partial charge in [0.25, 0.3) is 5.91 Å². The Kier molecular flexibility index (Phi) is 6.34. The van der Waals surface area contributed by atoms with E-state index >= 15 is 0 Å². The van der Waals surface area contributed by atoms with Crippen molar-refractivity contribution in [1.29, 1.82) is 0 Å². The van der Waals surface area contributed by atoms with E-state index in [9.17, 15) is 9.59 Å². The number of nitrogens with zero attached hydrogens (tertiary/aromatic N) is 1. The standard InChI is InChI=1S/C23H24N2O4/c1-25(2)19-10-8-16(9-11-19)14-24-22(26)15-29-23(27)20-12-17-6-4-5-7-18(17)13-21(20)28-3/h4-13H,14-15H2,1-3H3,(H,24,26). The van der Waals surface area contributed by atoms with Crippen LogP contribution in [0.1, 0.15) is 15.9 Å². The van der Waals surface area contributed by atoms with E-state index in [0.717, 1.165) is 22.0 Å². The Morgan fingerprint density at radius 3 is 2.24 bits per heavy atom. The number of methoxy groups -OCH3 is 1. The average molecular weight is 392 g/mol. The third kappa shape index (κ3) is 5.04. The number of ether oxygens (including phenoxy) is 2. The van der Waals surface area contributed by atoms with Gasteiger partial charge in [-0.3, -0.25) is 4.79 Å². The van der Waals surface area contributed by atoms with Crippen molar-refractivity contribution in [2.24, 2.45) is 0 Å². The molecular formula is C23H24N2O4. The maximum atomic E-state index is 12.5. The van der Waals surface area contributed by atoms with Crippen LogP contribution in [-0.2, 0) is 16.1 Å². The van der Waals surface area contributed by atoms with Crippen molar-refractivity contribution in [2.75, 3.05) is 32.7 Å². The lowest BCUT2D eigenvalue weighted by atomic mass is 10.1. The number of rotatable bonds is 7. The molecule has 0 spiro atoms. The smallest absolute Gasteiger partial charge is 0.342 e. The van der Waals surface area contributed by atoms with Crippen molar-refractivity contribution in [1.82, 2.24) is 5.32 Å². The Hall–Kier alpha value is -3.54. The maximum Gasteiger partial charge on any atom is 0.342 e. The van der Waals surface area contributed by atoms with Crippen LogP contribution in [0.2, 0.25) is 0 Å². The van der Waals surface area contributed by atoms with E-state index in [1.54, 1.807) is 12.1 Å². The van der Waals surface area contributed by atoms with Gasteiger partial charge in [-0.25, -0.2) is 4.79 Å². The van der Waals surface area contributed by atoms with Gasteiger partial charge in [0, 0.05) is 26.3 Å². The van der Waals surface area contributed by atoms with Crippen molar-refractivity contribution in [3.8, 4) is 5.75 Å². The first-order chi connectivity index (χ1) is 14.0. The van der Waals surface area contributed by atoms with Gasteiger partial charge in [-0.2, -0.15) is 0 Å². The fourth-order valence-electron chi connectivity index (χ4n) is 2.92. The van der Waals surface area contributed by atoms with Crippen molar-refractivity contribution in [3.05, 3.63) is 71.8 Å². The molecule has 1 amide bonds. The third-order valence-corrected chi connectivity index (χ3v) is 4.56. The highest BCUT2D eigenvalue weighted by molar-refractivity contribution is 5.99. The summed E-state index contributed by atoms with van der Waals surface area (Å²) in [5.74, 6) is -0.553. The van der Waals surface area contributed by atoms with Crippen molar-refractivity contribution in [3.63, 3.8) is 0 Å². The number of hydrogen-bond acceptors (Lipinski definition) is 5. The highest BCUT2D eigenvalue weighted by Crippen LogP contribution is 2.26. The predicted molar refractivity (Wildman–Crippen MR) is 113 cm³/mol. The molecule has 0 aliphatic rings. The molecule has 3 aromatic carbocycles. The second-order valence-corrected chi connectivity index (χ2v) is 6.81. The molecule has 0 unspecified atom stereocenters. The summed E-state index contributed by atoms with van der Waals surface area (Å²) in [5.41, 5.74) is 2.34. The number of carbonyl (C=O) groups excluding carboxylic acids is 2. The number of hydrogen-bond donors (Lipinski definition) is 1. The van der Waals surface area contributed by atoms with Crippen molar-refractivity contribution >= 4 is 28.3 Å². The second-order valence-electron chi connectivity index (χ2n) is 6.81. The monoisotopic (exact) mass is 392 g/mol. The predicted octanol–water partition coefficient (Wildman–Crippen LogP) is 3.39. The van der Waals surface area contributed by atoms with Crippen molar-refractivity contribution in [2.45, 2.75) is 6.54 Å². The largest absolute Gasteiger partial charge is 0.496 e. The summed E-state index contributed by atoms with van der Waals surface area (Å²) < 4.78 is 10.5. The molecule has 0 aliphatic heterocycles. The Morgan fingerprint density at radius 1 is 0.966 bits per heavy atom. The Labute approximate surface area is 170 Å². The molecule has 0 bridgehead atoms. The fourth-order valence-corrected chi connectivity index (χ4v) is 2.92. The molecule has 3 aromatic rings. The van der Waals surface area contributed by atoms with Gasteiger partial charge < -0.3 is 19.7 Å². The molecule has 150 valence electrons. The Morgan fingerprint density at radius 2 is 1.62 bits per heavy atom. The van der Waals surface area contributed by atoms with Gasteiger partial charge >= 0.3 is 5.97 Å². The molecular weight excluding hydrogens is 368 g/mol. The van der Waals surface area contributed by atoms with Crippen LogP contribution in [0.25, 0.3) is 10.8 Å². The van der Waals surface area contributed by atoms with Crippen LogP contribution in [0.4, 0.5) is 5.69 Å². The highest BCUT2D eigenvalue weighted by atomic mass is 16.5. The lowest BCUT2D eigenvalue weighted by molar-refractivity contribution is -0.124. The van der Waals surface area contributed by atoms with Crippen LogP contribution < -0.4 is 15.0 Å². The van der Waals surface area contributed by atoms with Gasteiger partial charge in [0.15, 0.2) is 6.61 Å². The molecule has 0 atom stereocenters. The number of esters is 1. The zero-order valence-electron chi connectivity index (χ0n) is 16.8. The zero-order chi connectivity index (χ0) is 20.8. The van der Waals surface area contributed by atoms with Gasteiger partial charge in [0.2, 0.25) is 0 Å². The number of carbonyl (C=O) groups is 2. The number of benzene rings is 3. The molecule has 0 radical (unpaired) electrons.